The minimum atomic E-state index is 0.288. The first-order chi connectivity index (χ1) is 10.3. The molecule has 2 aromatic heterocycles. The van der Waals surface area contributed by atoms with Gasteiger partial charge in [0.25, 0.3) is 0 Å². The lowest BCUT2D eigenvalue weighted by molar-refractivity contribution is 0.399. The Morgan fingerprint density at radius 3 is 2.67 bits per heavy atom. The molecule has 0 fully saturated rings. The van der Waals surface area contributed by atoms with Crippen LogP contribution in [0.4, 0.5) is 0 Å². The van der Waals surface area contributed by atoms with E-state index in [4.69, 9.17) is 21.1 Å². The standard InChI is InChI=1S/C15H14ClN3O2/c1-20-11-5-3-4-10(8-11)19-13(9-16)17-12-6-7-14(21-2)18-15(12)19/h3-8H,9H2,1-2H3. The molecule has 0 atom stereocenters. The van der Waals surface area contributed by atoms with Gasteiger partial charge in [0.2, 0.25) is 5.88 Å². The number of ether oxygens (including phenoxy) is 2. The van der Waals surface area contributed by atoms with E-state index >= 15 is 0 Å². The SMILES string of the molecule is COc1cccc(-n2c(CCl)nc3ccc(OC)nc32)c1. The quantitative estimate of drug-likeness (QED) is 0.695. The van der Waals surface area contributed by atoms with Gasteiger partial charge >= 0.3 is 0 Å². The number of rotatable bonds is 4. The lowest BCUT2D eigenvalue weighted by Gasteiger charge is -2.09. The van der Waals surface area contributed by atoms with Crippen LogP contribution >= 0.6 is 11.6 Å². The molecule has 0 aliphatic carbocycles. The molecule has 0 aliphatic rings. The van der Waals surface area contributed by atoms with Gasteiger partial charge in [0.05, 0.1) is 25.8 Å². The second-order valence-electron chi connectivity index (χ2n) is 4.39. The second-order valence-corrected chi connectivity index (χ2v) is 4.66. The van der Waals surface area contributed by atoms with Crippen molar-refractivity contribution >= 4 is 22.8 Å². The zero-order valence-corrected chi connectivity index (χ0v) is 12.5. The number of imidazole rings is 1. The van der Waals surface area contributed by atoms with E-state index in [9.17, 15) is 0 Å². The van der Waals surface area contributed by atoms with Crippen LogP contribution in [-0.4, -0.2) is 28.8 Å². The van der Waals surface area contributed by atoms with E-state index in [2.05, 4.69) is 9.97 Å². The Balaban J connectivity index is 2.27. The molecule has 0 N–H and O–H groups in total. The van der Waals surface area contributed by atoms with Crippen LogP contribution in [0.2, 0.25) is 0 Å². The third kappa shape index (κ3) is 2.40. The lowest BCUT2D eigenvalue weighted by atomic mass is 10.3. The Hall–Kier alpha value is -2.27. The zero-order valence-electron chi connectivity index (χ0n) is 11.7. The molecule has 0 aliphatic heterocycles. The zero-order chi connectivity index (χ0) is 14.8. The summed E-state index contributed by atoms with van der Waals surface area (Å²) in [5.74, 6) is 2.31. The molecular formula is C15H14ClN3O2. The first-order valence-electron chi connectivity index (χ1n) is 6.39. The molecule has 2 heterocycles. The summed E-state index contributed by atoms with van der Waals surface area (Å²) in [6.07, 6.45) is 0. The van der Waals surface area contributed by atoms with Gasteiger partial charge in [-0.05, 0) is 18.2 Å². The number of aromatic nitrogens is 3. The van der Waals surface area contributed by atoms with E-state index in [1.165, 1.54) is 0 Å². The van der Waals surface area contributed by atoms with E-state index in [0.717, 1.165) is 22.8 Å². The summed E-state index contributed by atoms with van der Waals surface area (Å²) in [5.41, 5.74) is 2.38. The van der Waals surface area contributed by atoms with E-state index in [1.54, 1.807) is 20.3 Å². The first kappa shape index (κ1) is 13.7. The van der Waals surface area contributed by atoms with Gasteiger partial charge in [-0.2, -0.15) is 4.98 Å². The number of methoxy groups -OCH3 is 2. The van der Waals surface area contributed by atoms with Crippen LogP contribution < -0.4 is 9.47 Å². The van der Waals surface area contributed by atoms with Crippen molar-refractivity contribution in [2.45, 2.75) is 5.88 Å². The molecule has 1 aromatic carbocycles. The molecule has 108 valence electrons. The van der Waals surface area contributed by atoms with Gasteiger partial charge in [0, 0.05) is 12.1 Å². The summed E-state index contributed by atoms with van der Waals surface area (Å²) in [5, 5.41) is 0. The molecule has 3 aromatic rings. The average molecular weight is 304 g/mol. The van der Waals surface area contributed by atoms with Gasteiger partial charge in [0.15, 0.2) is 5.65 Å². The van der Waals surface area contributed by atoms with Crippen molar-refractivity contribution in [2.24, 2.45) is 0 Å². The topological polar surface area (TPSA) is 49.2 Å². The summed E-state index contributed by atoms with van der Waals surface area (Å²) in [6, 6.07) is 11.3. The Morgan fingerprint density at radius 2 is 1.95 bits per heavy atom. The van der Waals surface area contributed by atoms with Crippen molar-refractivity contribution in [3.63, 3.8) is 0 Å². The molecule has 21 heavy (non-hydrogen) atoms. The summed E-state index contributed by atoms with van der Waals surface area (Å²) in [6.45, 7) is 0. The van der Waals surface area contributed by atoms with Crippen molar-refractivity contribution in [1.82, 2.24) is 14.5 Å². The summed E-state index contributed by atoms with van der Waals surface area (Å²) < 4.78 is 12.4. The molecular weight excluding hydrogens is 290 g/mol. The number of benzene rings is 1. The maximum atomic E-state index is 6.03. The highest BCUT2D eigenvalue weighted by Gasteiger charge is 2.14. The van der Waals surface area contributed by atoms with Gasteiger partial charge in [-0.3, -0.25) is 4.57 Å². The lowest BCUT2D eigenvalue weighted by Crippen LogP contribution is -2.01. The van der Waals surface area contributed by atoms with Crippen LogP contribution in [0, 0.1) is 0 Å². The maximum Gasteiger partial charge on any atom is 0.215 e. The van der Waals surface area contributed by atoms with Gasteiger partial charge in [-0.25, -0.2) is 4.98 Å². The largest absolute Gasteiger partial charge is 0.497 e. The van der Waals surface area contributed by atoms with E-state index in [0.29, 0.717) is 11.5 Å². The van der Waals surface area contributed by atoms with Crippen LogP contribution in [0.3, 0.4) is 0 Å². The predicted octanol–water partition coefficient (Wildman–Crippen LogP) is 3.18. The van der Waals surface area contributed by atoms with Gasteiger partial charge < -0.3 is 9.47 Å². The average Bonchev–Trinajstić information content (AvgIpc) is 2.92. The number of alkyl halides is 1. The Labute approximate surface area is 127 Å². The third-order valence-corrected chi connectivity index (χ3v) is 3.43. The van der Waals surface area contributed by atoms with Crippen molar-refractivity contribution in [2.75, 3.05) is 14.2 Å². The third-order valence-electron chi connectivity index (χ3n) is 3.19. The first-order valence-corrected chi connectivity index (χ1v) is 6.93. The number of halogens is 1. The number of hydrogen-bond donors (Lipinski definition) is 0. The molecule has 5 nitrogen and oxygen atoms in total. The van der Waals surface area contributed by atoms with Crippen molar-refractivity contribution in [3.8, 4) is 17.3 Å². The highest BCUT2D eigenvalue weighted by atomic mass is 35.5. The monoisotopic (exact) mass is 303 g/mol. The van der Waals surface area contributed by atoms with E-state index < -0.39 is 0 Å². The van der Waals surface area contributed by atoms with Crippen LogP contribution in [0.5, 0.6) is 11.6 Å². The maximum absolute atomic E-state index is 6.03. The summed E-state index contributed by atoms with van der Waals surface area (Å²) in [4.78, 5) is 8.98. The molecule has 0 unspecified atom stereocenters. The molecule has 3 rings (SSSR count). The second kappa shape index (κ2) is 5.61. The van der Waals surface area contributed by atoms with Crippen molar-refractivity contribution < 1.29 is 9.47 Å². The highest BCUT2D eigenvalue weighted by molar-refractivity contribution is 6.16. The van der Waals surface area contributed by atoms with Gasteiger partial charge in [-0.15, -0.1) is 11.6 Å². The van der Waals surface area contributed by atoms with E-state index in [-0.39, 0.29) is 5.88 Å². The molecule has 6 heteroatoms. The summed E-state index contributed by atoms with van der Waals surface area (Å²) in [7, 11) is 3.22. The number of pyridine rings is 1. The normalized spacial score (nSPS) is 10.8. The Morgan fingerprint density at radius 1 is 1.10 bits per heavy atom. The van der Waals surface area contributed by atoms with Crippen LogP contribution in [0.25, 0.3) is 16.9 Å². The fraction of sp³-hybridized carbons (Fsp3) is 0.200. The number of fused-ring (bicyclic) bond motifs is 1. The van der Waals surface area contributed by atoms with Crippen LogP contribution in [0.15, 0.2) is 36.4 Å². The molecule has 0 spiro atoms. The van der Waals surface area contributed by atoms with Crippen molar-refractivity contribution in [1.29, 1.82) is 0 Å². The highest BCUT2D eigenvalue weighted by Crippen LogP contribution is 2.25. The van der Waals surface area contributed by atoms with Gasteiger partial charge in [-0.1, -0.05) is 6.07 Å². The number of nitrogens with zero attached hydrogens (tertiary/aromatic N) is 3. The van der Waals surface area contributed by atoms with Crippen LogP contribution in [0.1, 0.15) is 5.82 Å². The molecule has 0 saturated carbocycles. The minimum Gasteiger partial charge on any atom is -0.497 e. The molecule has 0 amide bonds. The predicted molar refractivity (Wildman–Crippen MR) is 81.5 cm³/mol. The fourth-order valence-corrected chi connectivity index (χ4v) is 2.39. The van der Waals surface area contributed by atoms with Crippen molar-refractivity contribution in [3.05, 3.63) is 42.2 Å². The summed E-state index contributed by atoms with van der Waals surface area (Å²) >= 11 is 6.03. The molecule has 0 bridgehead atoms. The molecule has 0 radical (unpaired) electrons. The Bertz CT molecular complexity index is 786. The molecule has 0 saturated heterocycles. The minimum absolute atomic E-state index is 0.288. The fourth-order valence-electron chi connectivity index (χ4n) is 2.21. The van der Waals surface area contributed by atoms with E-state index in [1.807, 2.05) is 34.9 Å². The smallest absolute Gasteiger partial charge is 0.215 e. The Kier molecular flexibility index (Phi) is 3.66. The van der Waals surface area contributed by atoms with Gasteiger partial charge in [0.1, 0.15) is 17.1 Å². The van der Waals surface area contributed by atoms with Crippen LogP contribution in [-0.2, 0) is 5.88 Å². The number of hydrogen-bond acceptors (Lipinski definition) is 4.